The van der Waals surface area contributed by atoms with Crippen LogP contribution in [0.2, 0.25) is 0 Å². The van der Waals surface area contributed by atoms with Gasteiger partial charge in [-0.1, -0.05) is 18.2 Å². The molecule has 1 aliphatic carbocycles. The number of aliphatic hydroxyl groups is 2. The summed E-state index contributed by atoms with van der Waals surface area (Å²) in [6, 6.07) is 8.87. The summed E-state index contributed by atoms with van der Waals surface area (Å²) in [6.07, 6.45) is 6.18. The molecule has 2 aromatic heterocycles. The van der Waals surface area contributed by atoms with E-state index in [2.05, 4.69) is 15.3 Å². The Kier molecular flexibility index (Phi) is 5.26. The first-order chi connectivity index (χ1) is 16.3. The van der Waals surface area contributed by atoms with Gasteiger partial charge in [-0.05, 0) is 42.9 Å². The van der Waals surface area contributed by atoms with E-state index in [1.807, 2.05) is 18.2 Å². The molecule has 0 unspecified atom stereocenters. The van der Waals surface area contributed by atoms with Gasteiger partial charge in [0, 0.05) is 29.6 Å². The molecule has 3 heterocycles. The van der Waals surface area contributed by atoms with Crippen LogP contribution in [0, 0.1) is 5.21 Å². The first-order valence-corrected chi connectivity index (χ1v) is 10.8. The quantitative estimate of drug-likeness (QED) is 0.301. The topological polar surface area (TPSA) is 149 Å². The van der Waals surface area contributed by atoms with Gasteiger partial charge in [-0.25, -0.2) is 14.8 Å². The second kappa shape index (κ2) is 8.15. The van der Waals surface area contributed by atoms with Gasteiger partial charge in [-0.3, -0.25) is 10.1 Å². The molecule has 0 atom stereocenters. The summed E-state index contributed by atoms with van der Waals surface area (Å²) in [7, 11) is 0. The van der Waals surface area contributed by atoms with Crippen molar-refractivity contribution >= 4 is 17.8 Å². The molecule has 0 bridgehead atoms. The van der Waals surface area contributed by atoms with Crippen molar-refractivity contribution in [2.75, 3.05) is 5.32 Å². The monoisotopic (exact) mass is 462 g/mol. The van der Waals surface area contributed by atoms with E-state index in [0.717, 1.165) is 11.1 Å². The zero-order valence-electron chi connectivity index (χ0n) is 18.1. The first kappa shape index (κ1) is 21.9. The van der Waals surface area contributed by atoms with Crippen molar-refractivity contribution in [3.8, 4) is 11.1 Å². The summed E-state index contributed by atoms with van der Waals surface area (Å²) in [5, 5.41) is 34.4. The van der Waals surface area contributed by atoms with Crippen LogP contribution in [-0.4, -0.2) is 37.7 Å². The van der Waals surface area contributed by atoms with Crippen LogP contribution in [0.15, 0.2) is 55.1 Å². The lowest BCUT2D eigenvalue weighted by Gasteiger charge is -2.40. The molecule has 174 valence electrons. The number of nitrogens with zero attached hydrogens (tertiary/aromatic N) is 3. The maximum Gasteiger partial charge on any atom is 0.345 e. The van der Waals surface area contributed by atoms with Crippen molar-refractivity contribution in [1.82, 2.24) is 9.97 Å². The van der Waals surface area contributed by atoms with Gasteiger partial charge in [0.1, 0.15) is 16.8 Å². The Hall–Kier alpha value is -3.89. The molecule has 1 aliphatic heterocycles. The number of carbonyl (C=O) groups is 2. The third kappa shape index (κ3) is 3.76. The second-order valence-corrected chi connectivity index (χ2v) is 8.66. The summed E-state index contributed by atoms with van der Waals surface area (Å²) in [5.41, 5.74) is 0.499. The number of rotatable bonds is 4. The molecule has 1 amide bonds. The van der Waals surface area contributed by atoms with E-state index in [-0.39, 0.29) is 43.8 Å². The smallest absolute Gasteiger partial charge is 0.345 e. The lowest BCUT2D eigenvalue weighted by molar-refractivity contribution is -0.605. The van der Waals surface area contributed by atoms with Gasteiger partial charge in [0.25, 0.3) is 5.91 Å². The molecular weight excluding hydrogens is 440 g/mol. The normalized spacial score (nSPS) is 23.4. The van der Waals surface area contributed by atoms with Gasteiger partial charge in [-0.15, -0.1) is 0 Å². The Balaban J connectivity index is 1.27. The third-order valence-electron chi connectivity index (χ3n) is 6.56. The Morgan fingerprint density at radius 2 is 1.88 bits per heavy atom. The van der Waals surface area contributed by atoms with Gasteiger partial charge < -0.3 is 20.2 Å². The number of anilines is 1. The largest absolute Gasteiger partial charge is 0.619 e. The summed E-state index contributed by atoms with van der Waals surface area (Å²) in [6.45, 7) is -0.0772. The molecule has 1 spiro atoms. The van der Waals surface area contributed by atoms with Crippen LogP contribution in [0.3, 0.4) is 0 Å². The van der Waals surface area contributed by atoms with Crippen LogP contribution in [-0.2, 0) is 21.7 Å². The number of esters is 1. The van der Waals surface area contributed by atoms with E-state index in [4.69, 9.17) is 4.74 Å². The van der Waals surface area contributed by atoms with Gasteiger partial charge in [-0.2, -0.15) is 4.73 Å². The van der Waals surface area contributed by atoms with Crippen LogP contribution >= 0.6 is 0 Å². The Bertz CT molecular complexity index is 1270. The summed E-state index contributed by atoms with van der Waals surface area (Å²) < 4.78 is 6.15. The molecule has 0 radical (unpaired) electrons. The van der Waals surface area contributed by atoms with Crippen molar-refractivity contribution in [3.05, 3.63) is 77.0 Å². The van der Waals surface area contributed by atoms with Crippen molar-refractivity contribution in [2.24, 2.45) is 0 Å². The molecule has 2 aliphatic rings. The molecule has 34 heavy (non-hydrogen) atoms. The van der Waals surface area contributed by atoms with E-state index >= 15 is 0 Å². The fraction of sp³-hybridized carbons (Fsp3) is 0.292. The second-order valence-electron chi connectivity index (χ2n) is 8.66. The summed E-state index contributed by atoms with van der Waals surface area (Å²) in [4.78, 5) is 33.5. The highest BCUT2D eigenvalue weighted by Crippen LogP contribution is 2.49. The number of aromatic nitrogens is 3. The van der Waals surface area contributed by atoms with E-state index in [1.54, 1.807) is 24.5 Å². The van der Waals surface area contributed by atoms with Crippen molar-refractivity contribution in [2.45, 2.75) is 43.5 Å². The minimum Gasteiger partial charge on any atom is -0.619 e. The van der Waals surface area contributed by atoms with E-state index in [0.29, 0.717) is 15.9 Å². The number of amides is 1. The predicted molar refractivity (Wildman–Crippen MR) is 118 cm³/mol. The van der Waals surface area contributed by atoms with E-state index in [1.165, 1.54) is 12.4 Å². The minimum absolute atomic E-state index is 0.0541. The highest BCUT2D eigenvalue weighted by atomic mass is 16.6. The first-order valence-electron chi connectivity index (χ1n) is 10.8. The average molecular weight is 462 g/mol. The fourth-order valence-electron chi connectivity index (χ4n) is 4.60. The number of benzene rings is 1. The highest BCUT2D eigenvalue weighted by Gasteiger charge is 2.53. The van der Waals surface area contributed by atoms with Crippen LogP contribution in [0.25, 0.3) is 11.1 Å². The van der Waals surface area contributed by atoms with Crippen molar-refractivity contribution in [1.29, 1.82) is 0 Å². The number of ether oxygens (including phenoxy) is 1. The maximum absolute atomic E-state index is 12.9. The number of hydrogen-bond donors (Lipinski definition) is 3. The summed E-state index contributed by atoms with van der Waals surface area (Å²) >= 11 is 0. The minimum atomic E-state index is -1.68. The van der Waals surface area contributed by atoms with Crippen LogP contribution < -0.4 is 10.0 Å². The van der Waals surface area contributed by atoms with Gasteiger partial charge in [0.05, 0.1) is 6.61 Å². The Labute approximate surface area is 194 Å². The highest BCUT2D eigenvalue weighted by molar-refractivity contribution is 5.96. The molecule has 10 nitrogen and oxygen atoms in total. The maximum atomic E-state index is 12.9. The molecule has 0 saturated heterocycles. The van der Waals surface area contributed by atoms with E-state index in [9.17, 15) is 25.0 Å². The third-order valence-corrected chi connectivity index (χ3v) is 6.56. The average Bonchev–Trinajstić information content (AvgIpc) is 3.12. The zero-order valence-corrected chi connectivity index (χ0v) is 18.1. The van der Waals surface area contributed by atoms with Crippen molar-refractivity contribution < 1.29 is 29.3 Å². The number of nitrogens with one attached hydrogen (secondary N) is 1. The van der Waals surface area contributed by atoms with Crippen LogP contribution in [0.4, 0.5) is 5.95 Å². The number of pyridine rings is 1. The molecule has 1 fully saturated rings. The number of aliphatic hydroxyl groups excluding tert-OH is 1. The van der Waals surface area contributed by atoms with Gasteiger partial charge in [0.15, 0.2) is 12.4 Å². The molecule has 3 aromatic rings. The molecule has 5 rings (SSSR count). The number of fused-ring (bicyclic) bond motifs is 2. The lowest BCUT2D eigenvalue weighted by atomic mass is 9.72. The van der Waals surface area contributed by atoms with Gasteiger partial charge >= 0.3 is 5.97 Å². The molecule has 3 N–H and O–H groups in total. The SMILES string of the molecule is O=C1O[C@]2(CC[C@@](O)(C(=O)Nc3ncc(-c4cccc(CO)c4)cn3)CC2)c2cc[n+]([O-])cc21. The molecule has 1 saturated carbocycles. The van der Waals surface area contributed by atoms with Crippen molar-refractivity contribution in [3.63, 3.8) is 0 Å². The fourth-order valence-corrected chi connectivity index (χ4v) is 4.60. The number of hydrogen-bond acceptors (Lipinski definition) is 8. The standard InChI is InChI=1S/C24H22N4O6/c29-14-15-2-1-3-16(10-15)17-11-25-22(26-12-17)27-21(31)23(32)5-7-24(8-6-23)19-4-9-28(33)13-18(19)20(30)34-24/h1-4,9-13,29,32H,5-8,14H2,(H,25,26,27,31)/t23-,24-. The Morgan fingerprint density at radius 1 is 1.15 bits per heavy atom. The summed E-state index contributed by atoms with van der Waals surface area (Å²) in [5.74, 6) is -1.15. The van der Waals surface area contributed by atoms with Gasteiger partial charge in [0.2, 0.25) is 5.95 Å². The predicted octanol–water partition coefficient (Wildman–Crippen LogP) is 1.58. The molecule has 10 heteroatoms. The Morgan fingerprint density at radius 3 is 2.59 bits per heavy atom. The number of carbonyl (C=O) groups excluding carboxylic acids is 2. The van der Waals surface area contributed by atoms with E-state index < -0.39 is 23.1 Å². The lowest BCUT2D eigenvalue weighted by Crippen LogP contribution is -2.49. The van der Waals surface area contributed by atoms with Crippen LogP contribution in [0.5, 0.6) is 0 Å². The molecule has 1 aromatic carbocycles. The molecular formula is C24H22N4O6. The van der Waals surface area contributed by atoms with Crippen LogP contribution in [0.1, 0.15) is 47.2 Å². The zero-order chi connectivity index (χ0) is 23.9.